The van der Waals surface area contributed by atoms with Crippen molar-refractivity contribution in [3.63, 3.8) is 0 Å². The quantitative estimate of drug-likeness (QED) is 0.451. The summed E-state index contributed by atoms with van der Waals surface area (Å²) in [4.78, 5) is 0. The molecule has 0 amide bonds. The number of benzene rings is 2. The highest BCUT2D eigenvalue weighted by atomic mass is 19.2. The standard InChI is InChI=1S/C23H28F2/c1-3-6-18-10-12-19(13-11-18)8-5-9-20-14-16-21(17-15-20)23(25)22(24)7-4-2/h10-17H,3-9H2,1-2H3. The van der Waals surface area contributed by atoms with Crippen LogP contribution in [0.1, 0.15) is 61.8 Å². The molecule has 0 aliphatic rings. The third-order valence-electron chi connectivity index (χ3n) is 4.41. The lowest BCUT2D eigenvalue weighted by Crippen LogP contribution is -1.92. The van der Waals surface area contributed by atoms with Crippen molar-refractivity contribution in [1.82, 2.24) is 0 Å². The number of hydrogen-bond donors (Lipinski definition) is 0. The highest BCUT2D eigenvalue weighted by molar-refractivity contribution is 5.61. The molecule has 0 saturated heterocycles. The molecule has 0 saturated carbocycles. The van der Waals surface area contributed by atoms with Crippen LogP contribution in [0, 0.1) is 0 Å². The zero-order valence-electron chi connectivity index (χ0n) is 15.3. The van der Waals surface area contributed by atoms with Crippen LogP contribution >= 0.6 is 0 Å². The second-order valence-corrected chi connectivity index (χ2v) is 6.59. The molecule has 0 fully saturated rings. The molecule has 0 aliphatic heterocycles. The third kappa shape index (κ3) is 6.12. The fourth-order valence-corrected chi connectivity index (χ4v) is 2.96. The highest BCUT2D eigenvalue weighted by Gasteiger charge is 2.08. The number of rotatable bonds is 9. The van der Waals surface area contributed by atoms with Gasteiger partial charge >= 0.3 is 0 Å². The smallest absolute Gasteiger partial charge is 0.161 e. The number of hydrogen-bond acceptors (Lipinski definition) is 0. The lowest BCUT2D eigenvalue weighted by Gasteiger charge is -2.06. The van der Waals surface area contributed by atoms with E-state index in [1.54, 1.807) is 12.1 Å². The summed E-state index contributed by atoms with van der Waals surface area (Å²) in [6.07, 6.45) is 6.10. The Balaban J connectivity index is 1.86. The van der Waals surface area contributed by atoms with Gasteiger partial charge in [-0.05, 0) is 48.8 Å². The van der Waals surface area contributed by atoms with Crippen LogP contribution < -0.4 is 0 Å². The number of allylic oxidation sites excluding steroid dienone is 1. The average molecular weight is 342 g/mol. The van der Waals surface area contributed by atoms with Gasteiger partial charge < -0.3 is 0 Å². The van der Waals surface area contributed by atoms with Gasteiger partial charge in [0.25, 0.3) is 0 Å². The summed E-state index contributed by atoms with van der Waals surface area (Å²) < 4.78 is 27.5. The SMILES string of the molecule is CCCC(F)=C(F)c1ccc(CCCc2ccc(CCC)cc2)cc1. The van der Waals surface area contributed by atoms with Crippen molar-refractivity contribution < 1.29 is 8.78 Å². The molecular formula is C23H28F2. The van der Waals surface area contributed by atoms with Gasteiger partial charge in [0.2, 0.25) is 0 Å². The first kappa shape index (κ1) is 19.4. The summed E-state index contributed by atoms with van der Waals surface area (Å²) >= 11 is 0. The van der Waals surface area contributed by atoms with Crippen LogP contribution in [-0.2, 0) is 19.3 Å². The number of aryl methyl sites for hydroxylation is 3. The molecule has 2 rings (SSSR count). The molecule has 0 aliphatic carbocycles. The van der Waals surface area contributed by atoms with Gasteiger partial charge in [0.1, 0.15) is 5.83 Å². The summed E-state index contributed by atoms with van der Waals surface area (Å²) in [5.41, 5.74) is 4.25. The van der Waals surface area contributed by atoms with E-state index in [9.17, 15) is 8.78 Å². The van der Waals surface area contributed by atoms with E-state index >= 15 is 0 Å². The van der Waals surface area contributed by atoms with Gasteiger partial charge in [-0.1, -0.05) is 68.8 Å². The van der Waals surface area contributed by atoms with Gasteiger partial charge in [0.05, 0.1) is 0 Å². The Morgan fingerprint density at radius 3 is 1.64 bits per heavy atom. The maximum absolute atomic E-state index is 13.9. The molecule has 0 unspecified atom stereocenters. The maximum atomic E-state index is 13.9. The highest BCUT2D eigenvalue weighted by Crippen LogP contribution is 2.24. The lowest BCUT2D eigenvalue weighted by molar-refractivity contribution is 0.559. The fourth-order valence-electron chi connectivity index (χ4n) is 2.96. The monoisotopic (exact) mass is 342 g/mol. The van der Waals surface area contributed by atoms with Crippen LogP contribution in [0.4, 0.5) is 8.78 Å². The Bertz CT molecular complexity index is 666. The first-order valence-corrected chi connectivity index (χ1v) is 9.35. The second kappa shape index (κ2) is 10.1. The minimum atomic E-state index is -0.722. The predicted octanol–water partition coefficient (Wildman–Crippen LogP) is 7.22. The summed E-state index contributed by atoms with van der Waals surface area (Å²) in [7, 11) is 0. The van der Waals surface area contributed by atoms with Gasteiger partial charge in [-0.25, -0.2) is 8.78 Å². The van der Waals surface area contributed by atoms with Gasteiger partial charge in [-0.3, -0.25) is 0 Å². The van der Waals surface area contributed by atoms with E-state index < -0.39 is 11.7 Å². The predicted molar refractivity (Wildman–Crippen MR) is 103 cm³/mol. The molecule has 0 heterocycles. The van der Waals surface area contributed by atoms with Crippen molar-refractivity contribution in [2.45, 2.75) is 58.8 Å². The van der Waals surface area contributed by atoms with Gasteiger partial charge in [0, 0.05) is 12.0 Å². The Hall–Kier alpha value is -1.96. The Labute approximate surface area is 150 Å². The molecule has 0 aromatic heterocycles. The van der Waals surface area contributed by atoms with Crippen molar-refractivity contribution in [3.05, 3.63) is 76.6 Å². The zero-order valence-corrected chi connectivity index (χ0v) is 15.3. The van der Waals surface area contributed by atoms with Crippen molar-refractivity contribution in [2.75, 3.05) is 0 Å². The molecule has 0 atom stereocenters. The fraction of sp³-hybridized carbons (Fsp3) is 0.391. The molecule has 134 valence electrons. The summed E-state index contributed by atoms with van der Waals surface area (Å²) in [6.45, 7) is 4.03. The molecule has 0 N–H and O–H groups in total. The molecule has 2 heteroatoms. The minimum absolute atomic E-state index is 0.157. The van der Waals surface area contributed by atoms with E-state index in [1.165, 1.54) is 17.5 Å². The third-order valence-corrected chi connectivity index (χ3v) is 4.41. The van der Waals surface area contributed by atoms with E-state index in [0.717, 1.165) is 31.2 Å². The normalized spacial score (nSPS) is 12.2. The van der Waals surface area contributed by atoms with E-state index in [4.69, 9.17) is 0 Å². The molecule has 25 heavy (non-hydrogen) atoms. The molecule has 0 spiro atoms. The van der Waals surface area contributed by atoms with E-state index in [2.05, 4.69) is 31.2 Å². The van der Waals surface area contributed by atoms with Crippen molar-refractivity contribution in [1.29, 1.82) is 0 Å². The molecule has 2 aromatic carbocycles. The van der Waals surface area contributed by atoms with Crippen LogP contribution in [0.15, 0.2) is 54.4 Å². The Morgan fingerprint density at radius 1 is 0.680 bits per heavy atom. The maximum Gasteiger partial charge on any atom is 0.161 e. The molecule has 0 nitrogen and oxygen atoms in total. The van der Waals surface area contributed by atoms with Crippen LogP contribution in [0.25, 0.3) is 5.83 Å². The molecule has 2 aromatic rings. The first-order chi connectivity index (χ1) is 12.1. The molecular weight excluding hydrogens is 314 g/mol. The summed E-state index contributed by atoms with van der Waals surface area (Å²) in [5.74, 6) is -1.37. The second-order valence-electron chi connectivity index (χ2n) is 6.59. The molecule has 0 bridgehead atoms. The van der Waals surface area contributed by atoms with Crippen molar-refractivity contribution >= 4 is 5.83 Å². The summed E-state index contributed by atoms with van der Waals surface area (Å²) in [5, 5.41) is 0. The van der Waals surface area contributed by atoms with Gasteiger partial charge in [-0.2, -0.15) is 0 Å². The zero-order chi connectivity index (χ0) is 18.1. The molecule has 0 radical (unpaired) electrons. The lowest BCUT2D eigenvalue weighted by atomic mass is 10.0. The minimum Gasteiger partial charge on any atom is -0.209 e. The largest absolute Gasteiger partial charge is 0.209 e. The van der Waals surface area contributed by atoms with Gasteiger partial charge in [-0.15, -0.1) is 0 Å². The van der Waals surface area contributed by atoms with Crippen LogP contribution in [0.3, 0.4) is 0 Å². The Morgan fingerprint density at radius 2 is 1.16 bits per heavy atom. The topological polar surface area (TPSA) is 0 Å². The average Bonchev–Trinajstić information content (AvgIpc) is 2.63. The van der Waals surface area contributed by atoms with Crippen LogP contribution in [-0.4, -0.2) is 0 Å². The van der Waals surface area contributed by atoms with E-state index in [-0.39, 0.29) is 6.42 Å². The summed E-state index contributed by atoms with van der Waals surface area (Å²) in [6, 6.07) is 16.0. The first-order valence-electron chi connectivity index (χ1n) is 9.35. The van der Waals surface area contributed by atoms with Crippen molar-refractivity contribution in [3.8, 4) is 0 Å². The van der Waals surface area contributed by atoms with Crippen LogP contribution in [0.2, 0.25) is 0 Å². The van der Waals surface area contributed by atoms with Gasteiger partial charge in [0.15, 0.2) is 5.83 Å². The van der Waals surface area contributed by atoms with Crippen molar-refractivity contribution in [2.24, 2.45) is 0 Å². The van der Waals surface area contributed by atoms with E-state index in [0.29, 0.717) is 12.0 Å². The Kier molecular flexibility index (Phi) is 7.84. The van der Waals surface area contributed by atoms with E-state index in [1.807, 2.05) is 19.1 Å². The van der Waals surface area contributed by atoms with Crippen LogP contribution in [0.5, 0.6) is 0 Å². The number of halogens is 2.